The van der Waals surface area contributed by atoms with Crippen LogP contribution in [-0.4, -0.2) is 13.1 Å². The molecule has 2 unspecified atom stereocenters. The van der Waals surface area contributed by atoms with Crippen LogP contribution < -0.4 is 0 Å². The Balaban J connectivity index is 2.34. The van der Waals surface area contributed by atoms with Gasteiger partial charge in [-0.25, -0.2) is 4.79 Å². The highest BCUT2D eigenvalue weighted by Crippen LogP contribution is 2.44. The minimum Gasteiger partial charge on any atom is -0.466 e. The van der Waals surface area contributed by atoms with Crippen molar-refractivity contribution in [1.29, 1.82) is 0 Å². The molecule has 2 aliphatic rings. The van der Waals surface area contributed by atoms with Crippen LogP contribution in [0.25, 0.3) is 0 Å². The van der Waals surface area contributed by atoms with Crippen LogP contribution in [0.1, 0.15) is 13.8 Å². The van der Waals surface area contributed by atoms with Gasteiger partial charge in [-0.2, -0.15) is 0 Å². The van der Waals surface area contributed by atoms with Crippen LogP contribution in [0.3, 0.4) is 0 Å². The lowest BCUT2D eigenvalue weighted by Crippen LogP contribution is -2.10. The molecule has 0 amide bonds. The second-order valence-corrected chi connectivity index (χ2v) is 3.96. The molecule has 0 aromatic carbocycles. The molecule has 2 nitrogen and oxygen atoms in total. The van der Waals surface area contributed by atoms with Crippen molar-refractivity contribution >= 4 is 5.97 Å². The molecule has 0 heterocycles. The van der Waals surface area contributed by atoms with Gasteiger partial charge in [0.1, 0.15) is 0 Å². The van der Waals surface area contributed by atoms with Crippen LogP contribution in [0.4, 0.5) is 0 Å². The summed E-state index contributed by atoms with van der Waals surface area (Å²) in [5.74, 6) is 0.317. The molecule has 0 radical (unpaired) electrons. The topological polar surface area (TPSA) is 26.3 Å². The first-order valence-corrected chi connectivity index (χ1v) is 4.80. The average molecular weight is 190 g/mol. The van der Waals surface area contributed by atoms with Crippen molar-refractivity contribution in [1.82, 2.24) is 0 Å². The van der Waals surface area contributed by atoms with Gasteiger partial charge >= 0.3 is 5.97 Å². The molecule has 2 aliphatic carbocycles. The standard InChI is InChI=1S/C12H14O2/c1-7(2)11-8-4-5-9(11)10(6-8)12(13)14-3/h4-6,8-9H,1-3H3. The van der Waals surface area contributed by atoms with E-state index in [0.29, 0.717) is 5.92 Å². The normalized spacial score (nSPS) is 27.9. The van der Waals surface area contributed by atoms with Gasteiger partial charge in [0.2, 0.25) is 0 Å². The summed E-state index contributed by atoms with van der Waals surface area (Å²) in [4.78, 5) is 11.4. The first-order valence-electron chi connectivity index (χ1n) is 4.80. The van der Waals surface area contributed by atoms with Crippen molar-refractivity contribution in [2.75, 3.05) is 7.11 Å². The Morgan fingerprint density at radius 2 is 2.07 bits per heavy atom. The fraction of sp³-hybridized carbons (Fsp3) is 0.417. The van der Waals surface area contributed by atoms with E-state index in [1.807, 2.05) is 6.08 Å². The molecular formula is C12H14O2. The molecule has 0 N–H and O–H groups in total. The lowest BCUT2D eigenvalue weighted by molar-refractivity contribution is -0.136. The Bertz CT molecular complexity index is 368. The predicted octanol–water partition coefficient (Wildman–Crippen LogP) is 2.24. The van der Waals surface area contributed by atoms with Crippen molar-refractivity contribution in [3.05, 3.63) is 34.9 Å². The Labute approximate surface area is 83.9 Å². The minimum atomic E-state index is -0.194. The fourth-order valence-electron chi connectivity index (χ4n) is 2.32. The smallest absolute Gasteiger partial charge is 0.334 e. The molecule has 2 heteroatoms. The van der Waals surface area contributed by atoms with E-state index in [1.54, 1.807) is 0 Å². The van der Waals surface area contributed by atoms with E-state index in [4.69, 9.17) is 4.74 Å². The van der Waals surface area contributed by atoms with Gasteiger partial charge in [0.15, 0.2) is 0 Å². The van der Waals surface area contributed by atoms with Crippen LogP contribution in [0.2, 0.25) is 0 Å². The lowest BCUT2D eigenvalue weighted by atomic mass is 9.95. The van der Waals surface area contributed by atoms with Crippen LogP contribution >= 0.6 is 0 Å². The highest BCUT2D eigenvalue weighted by molar-refractivity contribution is 5.92. The maximum absolute atomic E-state index is 11.4. The van der Waals surface area contributed by atoms with Gasteiger partial charge in [-0.1, -0.05) is 23.8 Å². The number of carbonyl (C=O) groups is 1. The van der Waals surface area contributed by atoms with Crippen molar-refractivity contribution < 1.29 is 9.53 Å². The second kappa shape index (κ2) is 3.12. The average Bonchev–Trinajstić information content (AvgIpc) is 2.72. The molecule has 0 saturated heterocycles. The predicted molar refractivity (Wildman–Crippen MR) is 54.6 cm³/mol. The number of esters is 1. The van der Waals surface area contributed by atoms with Crippen LogP contribution in [0.15, 0.2) is 34.9 Å². The van der Waals surface area contributed by atoms with Crippen molar-refractivity contribution in [3.63, 3.8) is 0 Å². The van der Waals surface area contributed by atoms with Gasteiger partial charge in [0.25, 0.3) is 0 Å². The maximum Gasteiger partial charge on any atom is 0.334 e. The van der Waals surface area contributed by atoms with Crippen LogP contribution in [0, 0.1) is 11.8 Å². The molecule has 0 aromatic rings. The number of fused-ring (bicyclic) bond motifs is 2. The molecule has 14 heavy (non-hydrogen) atoms. The second-order valence-electron chi connectivity index (χ2n) is 3.96. The summed E-state index contributed by atoms with van der Waals surface area (Å²) in [5, 5.41) is 0. The number of hydrogen-bond acceptors (Lipinski definition) is 2. The first-order chi connectivity index (χ1) is 6.65. The van der Waals surface area contributed by atoms with Crippen molar-refractivity contribution in [2.24, 2.45) is 11.8 Å². The summed E-state index contributed by atoms with van der Waals surface area (Å²) in [6.07, 6.45) is 6.26. The number of rotatable bonds is 1. The SMILES string of the molecule is COC(=O)C1=CC2C=CC1C2=C(C)C. The maximum atomic E-state index is 11.4. The summed E-state index contributed by atoms with van der Waals surface area (Å²) in [5.41, 5.74) is 3.46. The monoisotopic (exact) mass is 190 g/mol. The lowest BCUT2D eigenvalue weighted by Gasteiger charge is -2.10. The molecule has 0 aromatic heterocycles. The molecule has 74 valence electrons. The summed E-state index contributed by atoms with van der Waals surface area (Å²) in [7, 11) is 1.43. The molecule has 0 saturated carbocycles. The Morgan fingerprint density at radius 1 is 1.36 bits per heavy atom. The third-order valence-corrected chi connectivity index (χ3v) is 2.90. The quantitative estimate of drug-likeness (QED) is 0.468. The zero-order valence-electron chi connectivity index (χ0n) is 8.70. The molecule has 0 aliphatic heterocycles. The van der Waals surface area contributed by atoms with E-state index >= 15 is 0 Å². The fourth-order valence-corrected chi connectivity index (χ4v) is 2.32. The van der Waals surface area contributed by atoms with E-state index in [2.05, 4.69) is 26.0 Å². The first kappa shape index (κ1) is 9.25. The van der Waals surface area contributed by atoms with E-state index in [9.17, 15) is 4.79 Å². The van der Waals surface area contributed by atoms with E-state index in [0.717, 1.165) is 5.57 Å². The van der Waals surface area contributed by atoms with Gasteiger partial charge in [-0.05, 0) is 19.4 Å². The number of allylic oxidation sites excluding steroid dienone is 5. The number of ether oxygens (including phenoxy) is 1. The summed E-state index contributed by atoms with van der Waals surface area (Å²) >= 11 is 0. The van der Waals surface area contributed by atoms with E-state index < -0.39 is 0 Å². The summed E-state index contributed by atoms with van der Waals surface area (Å²) in [6.45, 7) is 4.19. The van der Waals surface area contributed by atoms with Gasteiger partial charge in [-0.15, -0.1) is 0 Å². The van der Waals surface area contributed by atoms with Crippen LogP contribution in [0.5, 0.6) is 0 Å². The molecule has 2 bridgehead atoms. The summed E-state index contributed by atoms with van der Waals surface area (Å²) in [6, 6.07) is 0. The number of carbonyl (C=O) groups excluding carboxylic acids is 1. The van der Waals surface area contributed by atoms with E-state index in [1.165, 1.54) is 18.3 Å². The Kier molecular flexibility index (Phi) is 2.06. The van der Waals surface area contributed by atoms with Gasteiger partial charge in [-0.3, -0.25) is 0 Å². The number of hydrogen-bond donors (Lipinski definition) is 0. The Morgan fingerprint density at radius 3 is 2.57 bits per heavy atom. The zero-order chi connectivity index (χ0) is 10.3. The molecule has 0 spiro atoms. The molecular weight excluding hydrogens is 176 g/mol. The van der Waals surface area contributed by atoms with Gasteiger partial charge in [0, 0.05) is 17.4 Å². The highest BCUT2D eigenvalue weighted by Gasteiger charge is 2.37. The Hall–Kier alpha value is -1.31. The van der Waals surface area contributed by atoms with Crippen molar-refractivity contribution in [3.8, 4) is 0 Å². The highest BCUT2D eigenvalue weighted by atomic mass is 16.5. The van der Waals surface area contributed by atoms with Crippen molar-refractivity contribution in [2.45, 2.75) is 13.8 Å². The number of methoxy groups -OCH3 is 1. The summed E-state index contributed by atoms with van der Waals surface area (Å²) < 4.78 is 4.75. The van der Waals surface area contributed by atoms with E-state index in [-0.39, 0.29) is 11.9 Å². The molecule has 2 atom stereocenters. The van der Waals surface area contributed by atoms with Gasteiger partial charge in [0.05, 0.1) is 7.11 Å². The van der Waals surface area contributed by atoms with Gasteiger partial charge < -0.3 is 4.74 Å². The minimum absolute atomic E-state index is 0.178. The molecule has 2 rings (SSSR count). The van der Waals surface area contributed by atoms with Crippen LogP contribution in [-0.2, 0) is 9.53 Å². The molecule has 0 fully saturated rings. The zero-order valence-corrected chi connectivity index (χ0v) is 8.70. The third kappa shape index (κ3) is 1.14. The third-order valence-electron chi connectivity index (χ3n) is 2.90. The largest absolute Gasteiger partial charge is 0.466 e.